The van der Waals surface area contributed by atoms with Crippen molar-refractivity contribution in [1.29, 1.82) is 0 Å². The minimum Gasteiger partial charge on any atom is -0.369 e. The molecule has 1 aliphatic heterocycles. The fourth-order valence-electron chi connectivity index (χ4n) is 3.42. The Bertz CT molecular complexity index is 631. The smallest absolute Gasteiger partial charge is 0.369 e. The third-order valence-corrected chi connectivity index (χ3v) is 4.85. The lowest BCUT2D eigenvalue weighted by Gasteiger charge is -2.36. The number of hydrogen-bond acceptors (Lipinski definition) is 3. The van der Waals surface area contributed by atoms with Crippen molar-refractivity contribution in [2.45, 2.75) is 19.0 Å². The molecule has 1 fully saturated rings. The Morgan fingerprint density at radius 2 is 1.62 bits per heavy atom. The average Bonchev–Trinajstić information content (AvgIpc) is 2.64. The maximum absolute atomic E-state index is 12.9. The SMILES string of the molecule is CN(C)C(=NCCCCN1CCN(c2cccc(C(F)(F)F)c2)CC1)N(C)C.I. The predicted molar refractivity (Wildman–Crippen MR) is 124 cm³/mol. The number of rotatable bonds is 6. The van der Waals surface area contributed by atoms with Crippen LogP contribution in [0.1, 0.15) is 18.4 Å². The van der Waals surface area contributed by atoms with Crippen LogP contribution in [0, 0.1) is 0 Å². The third kappa shape index (κ3) is 8.19. The van der Waals surface area contributed by atoms with Gasteiger partial charge >= 0.3 is 6.18 Å². The summed E-state index contributed by atoms with van der Waals surface area (Å²) >= 11 is 0. The maximum Gasteiger partial charge on any atom is 0.416 e. The zero-order valence-electron chi connectivity index (χ0n) is 17.7. The molecule has 0 spiro atoms. The number of piperazine rings is 1. The van der Waals surface area contributed by atoms with E-state index in [0.717, 1.165) is 64.1 Å². The number of hydrogen-bond donors (Lipinski definition) is 0. The van der Waals surface area contributed by atoms with Crippen molar-refractivity contribution in [3.05, 3.63) is 29.8 Å². The summed E-state index contributed by atoms with van der Waals surface area (Å²) in [5, 5.41) is 0. The van der Waals surface area contributed by atoms with Gasteiger partial charge in [-0.3, -0.25) is 9.89 Å². The summed E-state index contributed by atoms with van der Waals surface area (Å²) in [5.41, 5.74) is 0.0755. The molecular formula is C20H33F3IN5. The topological polar surface area (TPSA) is 25.3 Å². The van der Waals surface area contributed by atoms with E-state index in [1.165, 1.54) is 12.1 Å². The molecule has 1 aliphatic rings. The van der Waals surface area contributed by atoms with Crippen molar-refractivity contribution in [1.82, 2.24) is 14.7 Å². The van der Waals surface area contributed by atoms with Gasteiger partial charge in [-0.15, -0.1) is 24.0 Å². The van der Waals surface area contributed by atoms with E-state index in [1.54, 1.807) is 6.07 Å². The molecule has 0 bridgehead atoms. The molecule has 0 aromatic heterocycles. The highest BCUT2D eigenvalue weighted by Crippen LogP contribution is 2.31. The molecule has 0 aliphatic carbocycles. The van der Waals surface area contributed by atoms with E-state index in [-0.39, 0.29) is 24.0 Å². The van der Waals surface area contributed by atoms with Gasteiger partial charge < -0.3 is 14.7 Å². The molecule has 1 aromatic rings. The summed E-state index contributed by atoms with van der Waals surface area (Å²) in [5.74, 6) is 0.967. The third-order valence-electron chi connectivity index (χ3n) is 4.85. The molecule has 2 rings (SSSR count). The van der Waals surface area contributed by atoms with Gasteiger partial charge in [-0.05, 0) is 37.6 Å². The largest absolute Gasteiger partial charge is 0.416 e. The van der Waals surface area contributed by atoms with Crippen LogP contribution in [0.4, 0.5) is 18.9 Å². The summed E-state index contributed by atoms with van der Waals surface area (Å²) < 4.78 is 38.7. The molecule has 0 saturated carbocycles. The van der Waals surface area contributed by atoms with Gasteiger partial charge in [0.1, 0.15) is 0 Å². The number of anilines is 1. The molecule has 9 heteroatoms. The number of unbranched alkanes of at least 4 members (excludes halogenated alkanes) is 1. The number of halogens is 4. The molecular weight excluding hydrogens is 494 g/mol. The van der Waals surface area contributed by atoms with Crippen LogP contribution in [0.2, 0.25) is 0 Å². The van der Waals surface area contributed by atoms with E-state index >= 15 is 0 Å². The molecule has 29 heavy (non-hydrogen) atoms. The Labute approximate surface area is 189 Å². The monoisotopic (exact) mass is 527 g/mol. The Morgan fingerprint density at radius 1 is 1.00 bits per heavy atom. The zero-order valence-corrected chi connectivity index (χ0v) is 20.1. The van der Waals surface area contributed by atoms with E-state index in [2.05, 4.69) is 9.89 Å². The standard InChI is InChI=1S/C20H32F3N5.HI/c1-25(2)19(26(3)4)24-10-5-6-11-27-12-14-28(15-13-27)18-9-7-8-17(16-18)20(21,22)23;/h7-9,16H,5-6,10-15H2,1-4H3;1H. The molecule has 0 atom stereocenters. The van der Waals surface area contributed by atoms with Crippen LogP contribution >= 0.6 is 24.0 Å². The molecule has 5 nitrogen and oxygen atoms in total. The lowest BCUT2D eigenvalue weighted by atomic mass is 10.1. The summed E-state index contributed by atoms with van der Waals surface area (Å²) in [7, 11) is 7.96. The highest BCUT2D eigenvalue weighted by atomic mass is 127. The number of alkyl halides is 3. The first kappa shape index (κ1) is 25.8. The second kappa shape index (κ2) is 11.8. The van der Waals surface area contributed by atoms with Crippen molar-refractivity contribution < 1.29 is 13.2 Å². The van der Waals surface area contributed by atoms with Crippen molar-refractivity contribution >= 4 is 35.6 Å². The van der Waals surface area contributed by atoms with Gasteiger partial charge in [-0.1, -0.05) is 6.07 Å². The molecule has 0 N–H and O–H groups in total. The second-order valence-electron chi connectivity index (χ2n) is 7.55. The number of aliphatic imine (C=N–C) groups is 1. The van der Waals surface area contributed by atoms with Crippen LogP contribution in [-0.2, 0) is 6.18 Å². The van der Waals surface area contributed by atoms with Gasteiger partial charge in [0.05, 0.1) is 5.56 Å². The minimum absolute atomic E-state index is 0. The van der Waals surface area contributed by atoms with Gasteiger partial charge in [0, 0.05) is 66.6 Å². The highest BCUT2D eigenvalue weighted by molar-refractivity contribution is 14.0. The molecule has 0 radical (unpaired) electrons. The first-order valence-electron chi connectivity index (χ1n) is 9.72. The lowest BCUT2D eigenvalue weighted by Crippen LogP contribution is -2.46. The van der Waals surface area contributed by atoms with Crippen LogP contribution in [0.15, 0.2) is 29.3 Å². The molecule has 1 aromatic carbocycles. The van der Waals surface area contributed by atoms with Crippen LogP contribution in [-0.4, -0.2) is 88.1 Å². The molecule has 0 unspecified atom stereocenters. The van der Waals surface area contributed by atoms with Crippen LogP contribution in [0.3, 0.4) is 0 Å². The Balaban J connectivity index is 0.00000420. The first-order valence-corrected chi connectivity index (χ1v) is 9.72. The highest BCUT2D eigenvalue weighted by Gasteiger charge is 2.31. The van der Waals surface area contributed by atoms with Crippen molar-refractivity contribution in [3.63, 3.8) is 0 Å². The zero-order chi connectivity index (χ0) is 20.7. The van der Waals surface area contributed by atoms with Gasteiger partial charge in [-0.2, -0.15) is 13.2 Å². The summed E-state index contributed by atoms with van der Waals surface area (Å²) in [6.07, 6.45) is -2.19. The summed E-state index contributed by atoms with van der Waals surface area (Å²) in [4.78, 5) is 13.1. The fraction of sp³-hybridized carbons (Fsp3) is 0.650. The van der Waals surface area contributed by atoms with Crippen molar-refractivity contribution in [2.75, 3.05) is 72.4 Å². The van der Waals surface area contributed by atoms with Gasteiger partial charge in [-0.25, -0.2) is 0 Å². The van der Waals surface area contributed by atoms with E-state index in [1.807, 2.05) is 42.9 Å². The average molecular weight is 527 g/mol. The Morgan fingerprint density at radius 3 is 2.17 bits per heavy atom. The maximum atomic E-state index is 12.9. The van der Waals surface area contributed by atoms with Gasteiger partial charge in [0.2, 0.25) is 0 Å². The van der Waals surface area contributed by atoms with Crippen LogP contribution < -0.4 is 4.90 Å². The van der Waals surface area contributed by atoms with Gasteiger partial charge in [0.25, 0.3) is 0 Å². The normalized spacial score (nSPS) is 14.9. The quantitative estimate of drug-likeness (QED) is 0.244. The molecule has 166 valence electrons. The lowest BCUT2D eigenvalue weighted by molar-refractivity contribution is -0.137. The fourth-order valence-corrected chi connectivity index (χ4v) is 3.42. The molecule has 0 amide bonds. The molecule has 1 heterocycles. The summed E-state index contributed by atoms with van der Waals surface area (Å²) in [6, 6.07) is 5.62. The number of nitrogens with zero attached hydrogens (tertiary/aromatic N) is 5. The van der Waals surface area contributed by atoms with Crippen LogP contribution in [0.25, 0.3) is 0 Å². The minimum atomic E-state index is -4.29. The second-order valence-corrected chi connectivity index (χ2v) is 7.55. The summed E-state index contributed by atoms with van der Waals surface area (Å²) in [6.45, 7) is 5.07. The van der Waals surface area contributed by atoms with E-state index < -0.39 is 11.7 Å². The predicted octanol–water partition coefficient (Wildman–Crippen LogP) is 3.70. The Kier molecular flexibility index (Phi) is 10.5. The van der Waals surface area contributed by atoms with Gasteiger partial charge in [0.15, 0.2) is 5.96 Å². The van der Waals surface area contributed by atoms with Crippen molar-refractivity contribution in [3.8, 4) is 0 Å². The first-order chi connectivity index (χ1) is 13.2. The van der Waals surface area contributed by atoms with E-state index in [0.29, 0.717) is 5.69 Å². The van der Waals surface area contributed by atoms with Crippen molar-refractivity contribution in [2.24, 2.45) is 4.99 Å². The number of benzene rings is 1. The van der Waals surface area contributed by atoms with E-state index in [9.17, 15) is 13.2 Å². The number of guanidine groups is 1. The van der Waals surface area contributed by atoms with Crippen LogP contribution in [0.5, 0.6) is 0 Å². The Hall–Kier alpha value is -1.23. The van der Waals surface area contributed by atoms with E-state index in [4.69, 9.17) is 0 Å². The molecule has 1 saturated heterocycles.